The fourth-order valence-corrected chi connectivity index (χ4v) is 3.29. The number of nitrogens with zero attached hydrogens (tertiary/aromatic N) is 2. The molecule has 9 heteroatoms. The van der Waals surface area contributed by atoms with Crippen molar-refractivity contribution < 1.29 is 17.9 Å². The number of hydrogen-bond acceptors (Lipinski definition) is 4. The molecule has 0 amide bonds. The summed E-state index contributed by atoms with van der Waals surface area (Å²) >= 11 is 0. The number of rotatable bonds is 10. The number of ether oxygens (including phenoxy) is 1. The summed E-state index contributed by atoms with van der Waals surface area (Å²) in [5.41, 5.74) is 0.352. The van der Waals surface area contributed by atoms with E-state index in [-0.39, 0.29) is 24.0 Å². The number of benzene rings is 1. The SMILES string of the molecule is Fc1ccc(F)c(CCNC(=NCCCN2CCOCC2)NCCc2ccco2)c1.I. The van der Waals surface area contributed by atoms with Crippen molar-refractivity contribution in [2.45, 2.75) is 19.3 Å². The van der Waals surface area contributed by atoms with E-state index in [0.29, 0.717) is 37.6 Å². The highest BCUT2D eigenvalue weighted by Crippen LogP contribution is 2.09. The van der Waals surface area contributed by atoms with Gasteiger partial charge in [-0.2, -0.15) is 0 Å². The van der Waals surface area contributed by atoms with E-state index >= 15 is 0 Å². The second-order valence-electron chi connectivity index (χ2n) is 7.21. The van der Waals surface area contributed by atoms with Crippen LogP contribution < -0.4 is 10.6 Å². The lowest BCUT2D eigenvalue weighted by Crippen LogP contribution is -2.40. The molecule has 1 fully saturated rings. The molecule has 2 heterocycles. The topological polar surface area (TPSA) is 62.0 Å². The summed E-state index contributed by atoms with van der Waals surface area (Å²) in [7, 11) is 0. The maximum absolute atomic E-state index is 13.8. The standard InChI is InChI=1S/C22H30F2N4O2.HI/c23-19-4-5-21(24)18(17-19)6-9-26-22(27-10-7-20-3-1-14-30-20)25-8-2-11-28-12-15-29-16-13-28;/h1,3-5,14,17H,2,6-13,15-16H2,(H2,25,26,27);1H. The second kappa shape index (κ2) is 14.4. The summed E-state index contributed by atoms with van der Waals surface area (Å²) < 4.78 is 37.9. The zero-order chi connectivity index (χ0) is 21.0. The first-order valence-corrected chi connectivity index (χ1v) is 10.5. The van der Waals surface area contributed by atoms with Crippen molar-refractivity contribution in [3.8, 4) is 0 Å². The Bertz CT molecular complexity index is 784. The first kappa shape index (κ1) is 25.5. The van der Waals surface area contributed by atoms with Crippen LogP contribution in [0.5, 0.6) is 0 Å². The molecule has 2 aromatic rings. The van der Waals surface area contributed by atoms with Gasteiger partial charge in [-0.15, -0.1) is 24.0 Å². The minimum atomic E-state index is -0.431. The number of hydrogen-bond donors (Lipinski definition) is 2. The molecule has 1 aliphatic rings. The summed E-state index contributed by atoms with van der Waals surface area (Å²) in [5.74, 6) is 0.740. The van der Waals surface area contributed by atoms with Gasteiger partial charge in [-0.3, -0.25) is 9.89 Å². The van der Waals surface area contributed by atoms with Gasteiger partial charge in [-0.1, -0.05) is 0 Å². The highest BCUT2D eigenvalue weighted by molar-refractivity contribution is 14.0. The van der Waals surface area contributed by atoms with E-state index in [0.717, 1.165) is 63.6 Å². The Kier molecular flexibility index (Phi) is 11.8. The van der Waals surface area contributed by atoms with E-state index < -0.39 is 11.6 Å². The molecule has 0 bridgehead atoms. The van der Waals surface area contributed by atoms with Crippen LogP contribution in [0, 0.1) is 11.6 Å². The van der Waals surface area contributed by atoms with Crippen LogP contribution in [0.25, 0.3) is 0 Å². The van der Waals surface area contributed by atoms with Crippen molar-refractivity contribution in [2.75, 3.05) is 52.5 Å². The Hall–Kier alpha value is -1.72. The zero-order valence-electron chi connectivity index (χ0n) is 17.6. The lowest BCUT2D eigenvalue weighted by atomic mass is 10.1. The Morgan fingerprint density at radius 3 is 2.58 bits per heavy atom. The molecule has 1 aromatic heterocycles. The van der Waals surface area contributed by atoms with Gasteiger partial charge in [0.1, 0.15) is 17.4 Å². The number of morpholine rings is 1. The Balaban J connectivity index is 0.00000341. The highest BCUT2D eigenvalue weighted by atomic mass is 127. The molecule has 1 aromatic carbocycles. The molecule has 0 spiro atoms. The van der Waals surface area contributed by atoms with E-state index in [4.69, 9.17) is 9.15 Å². The first-order valence-electron chi connectivity index (χ1n) is 10.5. The summed E-state index contributed by atoms with van der Waals surface area (Å²) in [6, 6.07) is 7.32. The minimum absolute atomic E-state index is 0. The van der Waals surface area contributed by atoms with Crippen molar-refractivity contribution >= 4 is 29.9 Å². The Morgan fingerprint density at radius 2 is 1.84 bits per heavy atom. The van der Waals surface area contributed by atoms with E-state index in [9.17, 15) is 8.78 Å². The van der Waals surface area contributed by atoms with E-state index in [1.54, 1.807) is 6.26 Å². The fraction of sp³-hybridized carbons (Fsp3) is 0.500. The molecule has 172 valence electrons. The summed E-state index contributed by atoms with van der Waals surface area (Å²) in [4.78, 5) is 7.01. The average molecular weight is 548 g/mol. The van der Waals surface area contributed by atoms with Gasteiger partial charge < -0.3 is 19.8 Å². The van der Waals surface area contributed by atoms with E-state index in [1.807, 2.05) is 12.1 Å². The zero-order valence-corrected chi connectivity index (χ0v) is 19.9. The molecule has 2 N–H and O–H groups in total. The van der Waals surface area contributed by atoms with Gasteiger partial charge >= 0.3 is 0 Å². The number of aliphatic imine (C=N–C) groups is 1. The highest BCUT2D eigenvalue weighted by Gasteiger charge is 2.09. The maximum atomic E-state index is 13.8. The molecular weight excluding hydrogens is 517 g/mol. The number of nitrogens with one attached hydrogen (secondary N) is 2. The van der Waals surface area contributed by atoms with E-state index in [1.165, 1.54) is 6.07 Å². The maximum Gasteiger partial charge on any atom is 0.191 e. The van der Waals surface area contributed by atoms with Crippen molar-refractivity contribution in [3.63, 3.8) is 0 Å². The quantitative estimate of drug-likeness (QED) is 0.207. The predicted octanol–water partition coefficient (Wildman–Crippen LogP) is 3.22. The van der Waals surface area contributed by atoms with Gasteiger partial charge in [0.15, 0.2) is 5.96 Å². The van der Waals surface area contributed by atoms with E-state index in [2.05, 4.69) is 20.5 Å². The van der Waals surface area contributed by atoms with Crippen molar-refractivity contribution in [1.82, 2.24) is 15.5 Å². The third-order valence-corrected chi connectivity index (χ3v) is 4.94. The second-order valence-corrected chi connectivity index (χ2v) is 7.21. The lowest BCUT2D eigenvalue weighted by molar-refractivity contribution is 0.0377. The minimum Gasteiger partial charge on any atom is -0.469 e. The number of furan rings is 1. The Morgan fingerprint density at radius 1 is 1.06 bits per heavy atom. The van der Waals surface area contributed by atoms with Crippen LogP contribution in [0.15, 0.2) is 46.0 Å². The summed E-state index contributed by atoms with van der Waals surface area (Å²) in [6.07, 6.45) is 3.71. The largest absolute Gasteiger partial charge is 0.469 e. The van der Waals surface area contributed by atoms with Gasteiger partial charge in [-0.05, 0) is 48.7 Å². The molecule has 1 aliphatic heterocycles. The average Bonchev–Trinajstić information content (AvgIpc) is 3.27. The van der Waals surface area contributed by atoms with Crippen LogP contribution in [-0.2, 0) is 17.6 Å². The van der Waals surface area contributed by atoms with Crippen LogP contribution in [0.4, 0.5) is 8.78 Å². The van der Waals surface area contributed by atoms with Gasteiger partial charge in [0.05, 0.1) is 19.5 Å². The van der Waals surface area contributed by atoms with Crippen LogP contribution in [-0.4, -0.2) is 63.3 Å². The number of guanidine groups is 1. The predicted molar refractivity (Wildman–Crippen MR) is 128 cm³/mol. The number of halogens is 3. The van der Waals surface area contributed by atoms with Gasteiger partial charge in [0.25, 0.3) is 0 Å². The normalized spacial score (nSPS) is 14.8. The van der Waals surface area contributed by atoms with Gasteiger partial charge in [0, 0.05) is 45.7 Å². The third-order valence-electron chi connectivity index (χ3n) is 4.94. The first-order chi connectivity index (χ1) is 14.7. The van der Waals surface area contributed by atoms with Crippen LogP contribution >= 0.6 is 24.0 Å². The molecule has 31 heavy (non-hydrogen) atoms. The van der Waals surface area contributed by atoms with Crippen LogP contribution in [0.1, 0.15) is 17.7 Å². The van der Waals surface area contributed by atoms with Crippen LogP contribution in [0.2, 0.25) is 0 Å². The summed E-state index contributed by atoms with van der Waals surface area (Å²) in [6.45, 7) is 6.31. The van der Waals surface area contributed by atoms with Gasteiger partial charge in [0.2, 0.25) is 0 Å². The Labute approximate surface area is 199 Å². The molecule has 0 aliphatic carbocycles. The third kappa shape index (κ3) is 9.53. The molecular formula is C22H31F2IN4O2. The molecule has 6 nitrogen and oxygen atoms in total. The monoisotopic (exact) mass is 548 g/mol. The molecule has 0 radical (unpaired) electrons. The molecule has 0 unspecified atom stereocenters. The molecule has 1 saturated heterocycles. The van der Waals surface area contributed by atoms with Crippen molar-refractivity contribution in [2.24, 2.45) is 4.99 Å². The molecule has 0 atom stereocenters. The van der Waals surface area contributed by atoms with Crippen molar-refractivity contribution in [3.05, 3.63) is 59.6 Å². The van der Waals surface area contributed by atoms with Gasteiger partial charge in [-0.25, -0.2) is 8.78 Å². The summed E-state index contributed by atoms with van der Waals surface area (Å²) in [5, 5.41) is 6.51. The molecule has 3 rings (SSSR count). The lowest BCUT2D eigenvalue weighted by Gasteiger charge is -2.26. The fourth-order valence-electron chi connectivity index (χ4n) is 3.29. The smallest absolute Gasteiger partial charge is 0.191 e. The molecule has 0 saturated carbocycles. The van der Waals surface area contributed by atoms with Crippen LogP contribution in [0.3, 0.4) is 0 Å². The van der Waals surface area contributed by atoms with Crippen molar-refractivity contribution in [1.29, 1.82) is 0 Å².